The molecular formula is C5H8N2S. The van der Waals surface area contributed by atoms with Crippen LogP contribution in [0.25, 0.3) is 0 Å². The third kappa shape index (κ3) is 1.50. The molecule has 0 fully saturated rings. The van der Waals surface area contributed by atoms with Crippen molar-refractivity contribution in [2.75, 3.05) is 13.1 Å². The first-order chi connectivity index (χ1) is 3.89. The zero-order chi connectivity index (χ0) is 5.82. The summed E-state index contributed by atoms with van der Waals surface area (Å²) in [7, 11) is 0. The van der Waals surface area contributed by atoms with E-state index in [4.69, 9.17) is 12.2 Å². The van der Waals surface area contributed by atoms with E-state index in [1.165, 1.54) is 0 Å². The van der Waals surface area contributed by atoms with Gasteiger partial charge in [-0.15, -0.1) is 0 Å². The molecule has 1 aliphatic rings. The maximum absolute atomic E-state index is 4.83. The Labute approximate surface area is 54.0 Å². The highest BCUT2D eigenvalue weighted by Gasteiger charge is 1.91. The summed E-state index contributed by atoms with van der Waals surface area (Å²) < 4.78 is 0. The van der Waals surface area contributed by atoms with Gasteiger partial charge in [-0.05, 0) is 12.2 Å². The van der Waals surface area contributed by atoms with Gasteiger partial charge in [-0.3, -0.25) is 0 Å². The lowest BCUT2D eigenvalue weighted by molar-refractivity contribution is 0.983. The van der Waals surface area contributed by atoms with Crippen LogP contribution in [0.1, 0.15) is 0 Å². The summed E-state index contributed by atoms with van der Waals surface area (Å²) in [5.41, 5.74) is 0. The molecule has 0 bridgehead atoms. The van der Waals surface area contributed by atoms with Gasteiger partial charge in [-0.1, -0.05) is 12.2 Å². The van der Waals surface area contributed by atoms with Gasteiger partial charge in [0.1, 0.15) is 0 Å². The first kappa shape index (κ1) is 5.56. The molecule has 1 rings (SSSR count). The molecule has 44 valence electrons. The molecule has 0 aromatic carbocycles. The van der Waals surface area contributed by atoms with E-state index < -0.39 is 0 Å². The number of hydrogen-bond acceptors (Lipinski definition) is 1. The second-order valence-electron chi connectivity index (χ2n) is 1.56. The third-order valence-electron chi connectivity index (χ3n) is 0.928. The van der Waals surface area contributed by atoms with E-state index in [-0.39, 0.29) is 0 Å². The fourth-order valence-electron chi connectivity index (χ4n) is 0.532. The average molecular weight is 128 g/mol. The predicted molar refractivity (Wildman–Crippen MR) is 37.7 cm³/mol. The van der Waals surface area contributed by atoms with Gasteiger partial charge in [0.25, 0.3) is 0 Å². The van der Waals surface area contributed by atoms with Crippen LogP contribution in [0.3, 0.4) is 0 Å². The molecule has 0 atom stereocenters. The molecule has 8 heavy (non-hydrogen) atoms. The summed E-state index contributed by atoms with van der Waals surface area (Å²) in [6.45, 7) is 1.71. The van der Waals surface area contributed by atoms with Crippen molar-refractivity contribution in [1.82, 2.24) is 10.6 Å². The molecule has 0 aliphatic carbocycles. The van der Waals surface area contributed by atoms with E-state index >= 15 is 0 Å². The summed E-state index contributed by atoms with van der Waals surface area (Å²) in [4.78, 5) is 0. The Bertz CT molecular complexity index is 108. The van der Waals surface area contributed by atoms with Crippen molar-refractivity contribution >= 4 is 17.3 Å². The molecule has 0 unspecified atom stereocenters. The van der Waals surface area contributed by atoms with Crippen LogP contribution in [0.2, 0.25) is 0 Å². The van der Waals surface area contributed by atoms with Gasteiger partial charge in [0.2, 0.25) is 0 Å². The molecule has 2 nitrogen and oxygen atoms in total. The van der Waals surface area contributed by atoms with Crippen molar-refractivity contribution in [3.8, 4) is 0 Å². The third-order valence-corrected chi connectivity index (χ3v) is 1.22. The lowest BCUT2D eigenvalue weighted by Crippen LogP contribution is -2.33. The molecule has 2 N–H and O–H groups in total. The smallest absolute Gasteiger partial charge is 0.166 e. The lowest BCUT2D eigenvalue weighted by Gasteiger charge is -2.00. The van der Waals surface area contributed by atoms with E-state index in [1.807, 2.05) is 12.2 Å². The Balaban J connectivity index is 2.39. The molecule has 0 aromatic rings. The Hall–Kier alpha value is -0.570. The van der Waals surface area contributed by atoms with Crippen molar-refractivity contribution < 1.29 is 0 Å². The molecule has 0 saturated carbocycles. The fraction of sp³-hybridized carbons (Fsp3) is 0.400. The van der Waals surface area contributed by atoms with E-state index in [0.717, 1.165) is 18.2 Å². The average Bonchev–Trinajstić information content (AvgIpc) is 1.94. The van der Waals surface area contributed by atoms with Crippen LogP contribution in [0, 0.1) is 0 Å². The highest BCUT2D eigenvalue weighted by atomic mass is 32.1. The molecule has 0 saturated heterocycles. The fourth-order valence-corrected chi connectivity index (χ4v) is 0.699. The molecular weight excluding hydrogens is 120 g/mol. The monoisotopic (exact) mass is 128 g/mol. The van der Waals surface area contributed by atoms with E-state index in [1.54, 1.807) is 0 Å². The van der Waals surface area contributed by atoms with Crippen molar-refractivity contribution in [1.29, 1.82) is 0 Å². The molecule has 0 aromatic heterocycles. The van der Waals surface area contributed by atoms with Gasteiger partial charge in [0.05, 0.1) is 0 Å². The van der Waals surface area contributed by atoms with Crippen LogP contribution in [0.15, 0.2) is 12.2 Å². The number of hydrogen-bond donors (Lipinski definition) is 2. The first-order valence-electron chi connectivity index (χ1n) is 2.56. The zero-order valence-corrected chi connectivity index (χ0v) is 5.29. The number of nitrogens with one attached hydrogen (secondary N) is 2. The molecule has 1 aliphatic heterocycles. The highest BCUT2D eigenvalue weighted by Crippen LogP contribution is 1.76. The van der Waals surface area contributed by atoms with E-state index in [9.17, 15) is 0 Å². The summed E-state index contributed by atoms with van der Waals surface area (Å²) >= 11 is 4.83. The Kier molecular flexibility index (Phi) is 1.86. The van der Waals surface area contributed by atoms with Crippen LogP contribution in [0.4, 0.5) is 0 Å². The van der Waals surface area contributed by atoms with Crippen molar-refractivity contribution in [3.05, 3.63) is 12.2 Å². The van der Waals surface area contributed by atoms with Crippen LogP contribution >= 0.6 is 12.2 Å². The van der Waals surface area contributed by atoms with Gasteiger partial charge in [0.15, 0.2) is 5.11 Å². The Morgan fingerprint density at radius 3 is 2.25 bits per heavy atom. The van der Waals surface area contributed by atoms with Crippen LogP contribution in [-0.4, -0.2) is 18.2 Å². The highest BCUT2D eigenvalue weighted by molar-refractivity contribution is 7.80. The largest absolute Gasteiger partial charge is 0.359 e. The van der Waals surface area contributed by atoms with Gasteiger partial charge in [-0.2, -0.15) is 0 Å². The topological polar surface area (TPSA) is 24.1 Å². The first-order valence-corrected chi connectivity index (χ1v) is 2.97. The number of rotatable bonds is 0. The SMILES string of the molecule is S=C1NCC=CCN1. The molecule has 0 spiro atoms. The normalized spacial score (nSPS) is 18.8. The second-order valence-corrected chi connectivity index (χ2v) is 1.97. The van der Waals surface area contributed by atoms with Crippen LogP contribution in [0.5, 0.6) is 0 Å². The molecule has 0 radical (unpaired) electrons. The minimum absolute atomic E-state index is 0.745. The molecule has 0 amide bonds. The predicted octanol–water partition coefficient (Wildman–Crippen LogP) is 0.0203. The molecule has 1 heterocycles. The van der Waals surface area contributed by atoms with E-state index in [2.05, 4.69) is 10.6 Å². The number of thiocarbonyl (C=S) groups is 1. The minimum Gasteiger partial charge on any atom is -0.359 e. The molecule has 3 heteroatoms. The summed E-state index contributed by atoms with van der Waals surface area (Å²) in [5.74, 6) is 0. The van der Waals surface area contributed by atoms with E-state index in [0.29, 0.717) is 0 Å². The lowest BCUT2D eigenvalue weighted by atomic mass is 10.5. The standard InChI is InChI=1S/C5H8N2S/c8-5-6-3-1-2-4-7-5/h1-2H,3-4H2,(H2,6,7,8). The van der Waals surface area contributed by atoms with Crippen LogP contribution < -0.4 is 10.6 Å². The maximum Gasteiger partial charge on any atom is 0.166 e. The summed E-state index contributed by atoms with van der Waals surface area (Å²) in [6.07, 6.45) is 4.10. The quantitative estimate of drug-likeness (QED) is 0.355. The van der Waals surface area contributed by atoms with Crippen molar-refractivity contribution in [2.24, 2.45) is 0 Å². The second kappa shape index (κ2) is 2.67. The Morgan fingerprint density at radius 2 is 1.75 bits per heavy atom. The van der Waals surface area contributed by atoms with Crippen molar-refractivity contribution in [3.63, 3.8) is 0 Å². The summed E-state index contributed by atoms with van der Waals surface area (Å²) in [5, 5.41) is 6.70. The van der Waals surface area contributed by atoms with Gasteiger partial charge >= 0.3 is 0 Å². The maximum atomic E-state index is 4.83. The van der Waals surface area contributed by atoms with Gasteiger partial charge < -0.3 is 10.6 Å². The van der Waals surface area contributed by atoms with Gasteiger partial charge in [0, 0.05) is 13.1 Å². The summed E-state index contributed by atoms with van der Waals surface area (Å²) in [6, 6.07) is 0. The Morgan fingerprint density at radius 1 is 1.25 bits per heavy atom. The van der Waals surface area contributed by atoms with Crippen molar-refractivity contribution in [2.45, 2.75) is 0 Å². The van der Waals surface area contributed by atoms with Gasteiger partial charge in [-0.25, -0.2) is 0 Å². The zero-order valence-electron chi connectivity index (χ0n) is 4.48. The minimum atomic E-state index is 0.745. The van der Waals surface area contributed by atoms with Crippen LogP contribution in [-0.2, 0) is 0 Å².